The van der Waals surface area contributed by atoms with Gasteiger partial charge in [0.25, 0.3) is 0 Å². The fourth-order valence-corrected chi connectivity index (χ4v) is 2.35. The number of aryl methyl sites for hydroxylation is 1. The molecular formula is C14H21NO. The van der Waals surface area contributed by atoms with Gasteiger partial charge in [0.1, 0.15) is 0 Å². The Labute approximate surface area is 98.2 Å². The minimum Gasteiger partial charge on any atom is -0.380 e. The van der Waals surface area contributed by atoms with Crippen molar-refractivity contribution in [3.63, 3.8) is 0 Å². The number of hydrogen-bond donors (Lipinski definition) is 0. The SMILES string of the molecule is COC1CCN(C(C)c2ccc(C)cc2)C1. The van der Waals surface area contributed by atoms with Crippen molar-refractivity contribution < 1.29 is 4.74 Å². The Morgan fingerprint density at radius 3 is 2.56 bits per heavy atom. The number of methoxy groups -OCH3 is 1. The molecule has 0 N–H and O–H groups in total. The van der Waals surface area contributed by atoms with Crippen molar-refractivity contribution in [2.24, 2.45) is 0 Å². The molecule has 1 saturated heterocycles. The lowest BCUT2D eigenvalue weighted by atomic mass is 10.1. The molecule has 1 aliphatic heterocycles. The molecule has 1 aliphatic rings. The van der Waals surface area contributed by atoms with E-state index in [9.17, 15) is 0 Å². The van der Waals surface area contributed by atoms with Gasteiger partial charge in [-0.15, -0.1) is 0 Å². The summed E-state index contributed by atoms with van der Waals surface area (Å²) in [7, 11) is 1.81. The van der Waals surface area contributed by atoms with Gasteiger partial charge in [-0.1, -0.05) is 29.8 Å². The third-order valence-corrected chi connectivity index (χ3v) is 3.62. The number of rotatable bonds is 3. The molecule has 2 rings (SSSR count). The van der Waals surface area contributed by atoms with Crippen LogP contribution in [0.4, 0.5) is 0 Å². The number of likely N-dealkylation sites (tertiary alicyclic amines) is 1. The van der Waals surface area contributed by atoms with Crippen LogP contribution in [0, 0.1) is 6.92 Å². The molecule has 0 spiro atoms. The summed E-state index contributed by atoms with van der Waals surface area (Å²) in [5.74, 6) is 0. The van der Waals surface area contributed by atoms with Crippen molar-refractivity contribution in [1.82, 2.24) is 4.90 Å². The average Bonchev–Trinajstić information content (AvgIpc) is 2.77. The number of benzene rings is 1. The number of nitrogens with zero attached hydrogens (tertiary/aromatic N) is 1. The molecule has 2 unspecified atom stereocenters. The van der Waals surface area contributed by atoms with E-state index in [4.69, 9.17) is 4.74 Å². The van der Waals surface area contributed by atoms with Crippen LogP contribution in [0.25, 0.3) is 0 Å². The quantitative estimate of drug-likeness (QED) is 0.775. The summed E-state index contributed by atoms with van der Waals surface area (Å²) in [6, 6.07) is 9.35. The number of hydrogen-bond acceptors (Lipinski definition) is 2. The van der Waals surface area contributed by atoms with Crippen LogP contribution >= 0.6 is 0 Å². The molecule has 2 atom stereocenters. The highest BCUT2D eigenvalue weighted by Gasteiger charge is 2.26. The van der Waals surface area contributed by atoms with E-state index in [1.54, 1.807) is 0 Å². The first-order chi connectivity index (χ1) is 7.70. The Morgan fingerprint density at radius 1 is 1.31 bits per heavy atom. The first-order valence-corrected chi connectivity index (χ1v) is 6.04. The summed E-state index contributed by atoms with van der Waals surface area (Å²) in [5.41, 5.74) is 2.73. The maximum Gasteiger partial charge on any atom is 0.0710 e. The third kappa shape index (κ3) is 2.45. The van der Waals surface area contributed by atoms with Crippen molar-refractivity contribution in [1.29, 1.82) is 0 Å². The van der Waals surface area contributed by atoms with E-state index in [1.165, 1.54) is 11.1 Å². The first-order valence-electron chi connectivity index (χ1n) is 6.04. The molecule has 1 aromatic rings. The monoisotopic (exact) mass is 219 g/mol. The molecule has 1 fully saturated rings. The second-order valence-electron chi connectivity index (χ2n) is 4.73. The zero-order chi connectivity index (χ0) is 11.5. The summed E-state index contributed by atoms with van der Waals surface area (Å²) in [5, 5.41) is 0. The molecule has 1 heterocycles. The zero-order valence-corrected chi connectivity index (χ0v) is 10.4. The largest absolute Gasteiger partial charge is 0.380 e. The Balaban J connectivity index is 2.02. The van der Waals surface area contributed by atoms with E-state index in [0.29, 0.717) is 12.1 Å². The van der Waals surface area contributed by atoms with Crippen LogP contribution in [0.1, 0.15) is 30.5 Å². The summed E-state index contributed by atoms with van der Waals surface area (Å²) in [6.45, 7) is 6.62. The summed E-state index contributed by atoms with van der Waals surface area (Å²) in [4.78, 5) is 2.50. The Morgan fingerprint density at radius 2 is 2.00 bits per heavy atom. The van der Waals surface area contributed by atoms with E-state index in [0.717, 1.165) is 19.5 Å². The molecule has 2 nitrogen and oxygen atoms in total. The molecule has 0 aromatic heterocycles. The predicted octanol–water partition coefficient (Wildman–Crippen LogP) is 2.78. The van der Waals surface area contributed by atoms with Gasteiger partial charge in [0.05, 0.1) is 6.10 Å². The van der Waals surface area contributed by atoms with Crippen LogP contribution in [0.5, 0.6) is 0 Å². The Bertz CT molecular complexity index is 333. The van der Waals surface area contributed by atoms with E-state index in [2.05, 4.69) is 43.0 Å². The molecule has 0 radical (unpaired) electrons. The van der Waals surface area contributed by atoms with Crippen LogP contribution < -0.4 is 0 Å². The molecule has 16 heavy (non-hydrogen) atoms. The van der Waals surface area contributed by atoms with Crippen LogP contribution in [-0.4, -0.2) is 31.2 Å². The van der Waals surface area contributed by atoms with Gasteiger partial charge in [-0.2, -0.15) is 0 Å². The molecule has 88 valence electrons. The third-order valence-electron chi connectivity index (χ3n) is 3.62. The van der Waals surface area contributed by atoms with Gasteiger partial charge in [0.15, 0.2) is 0 Å². The first kappa shape index (κ1) is 11.6. The van der Waals surface area contributed by atoms with Gasteiger partial charge in [0.2, 0.25) is 0 Å². The van der Waals surface area contributed by atoms with Crippen LogP contribution in [-0.2, 0) is 4.74 Å². The molecule has 0 aliphatic carbocycles. The highest BCUT2D eigenvalue weighted by molar-refractivity contribution is 5.23. The van der Waals surface area contributed by atoms with Crippen molar-refractivity contribution in [3.8, 4) is 0 Å². The van der Waals surface area contributed by atoms with Gasteiger partial charge in [-0.3, -0.25) is 4.90 Å². The van der Waals surface area contributed by atoms with E-state index in [-0.39, 0.29) is 0 Å². The second kappa shape index (κ2) is 4.98. The minimum atomic E-state index is 0.424. The molecule has 1 aromatic carbocycles. The predicted molar refractivity (Wildman–Crippen MR) is 66.6 cm³/mol. The highest BCUT2D eigenvalue weighted by atomic mass is 16.5. The van der Waals surface area contributed by atoms with Crippen molar-refractivity contribution >= 4 is 0 Å². The van der Waals surface area contributed by atoms with E-state index in [1.807, 2.05) is 7.11 Å². The van der Waals surface area contributed by atoms with Crippen LogP contribution in [0.15, 0.2) is 24.3 Å². The summed E-state index contributed by atoms with van der Waals surface area (Å²) in [6.07, 6.45) is 1.58. The highest BCUT2D eigenvalue weighted by Crippen LogP contribution is 2.25. The van der Waals surface area contributed by atoms with Crippen molar-refractivity contribution in [2.75, 3.05) is 20.2 Å². The van der Waals surface area contributed by atoms with Gasteiger partial charge in [-0.05, 0) is 25.8 Å². The van der Waals surface area contributed by atoms with Gasteiger partial charge in [0, 0.05) is 26.2 Å². The summed E-state index contributed by atoms with van der Waals surface area (Å²) < 4.78 is 5.40. The maximum atomic E-state index is 5.40. The van der Waals surface area contributed by atoms with E-state index >= 15 is 0 Å². The smallest absolute Gasteiger partial charge is 0.0710 e. The fraction of sp³-hybridized carbons (Fsp3) is 0.571. The zero-order valence-electron chi connectivity index (χ0n) is 10.4. The number of ether oxygens (including phenoxy) is 1. The van der Waals surface area contributed by atoms with Gasteiger partial charge >= 0.3 is 0 Å². The fourth-order valence-electron chi connectivity index (χ4n) is 2.35. The van der Waals surface area contributed by atoms with Crippen molar-refractivity contribution in [3.05, 3.63) is 35.4 Å². The maximum absolute atomic E-state index is 5.40. The normalized spacial score (nSPS) is 23.6. The van der Waals surface area contributed by atoms with Gasteiger partial charge in [-0.25, -0.2) is 0 Å². The standard InChI is InChI=1S/C14H21NO/c1-11-4-6-13(7-5-11)12(2)15-9-8-14(10-15)16-3/h4-7,12,14H,8-10H2,1-3H3. The Hall–Kier alpha value is -0.860. The minimum absolute atomic E-state index is 0.424. The summed E-state index contributed by atoms with van der Waals surface area (Å²) >= 11 is 0. The van der Waals surface area contributed by atoms with Crippen LogP contribution in [0.3, 0.4) is 0 Å². The molecule has 0 saturated carbocycles. The lowest BCUT2D eigenvalue weighted by molar-refractivity contribution is 0.102. The molecular weight excluding hydrogens is 198 g/mol. The second-order valence-corrected chi connectivity index (χ2v) is 4.73. The van der Waals surface area contributed by atoms with Crippen molar-refractivity contribution in [2.45, 2.75) is 32.4 Å². The lowest BCUT2D eigenvalue weighted by Gasteiger charge is -2.24. The average molecular weight is 219 g/mol. The molecule has 0 bridgehead atoms. The van der Waals surface area contributed by atoms with Gasteiger partial charge < -0.3 is 4.74 Å². The van der Waals surface area contributed by atoms with Crippen LogP contribution in [0.2, 0.25) is 0 Å². The molecule has 2 heteroatoms. The van der Waals surface area contributed by atoms with E-state index < -0.39 is 0 Å². The Kier molecular flexibility index (Phi) is 3.62. The molecule has 0 amide bonds. The lowest BCUT2D eigenvalue weighted by Crippen LogP contribution is -2.26. The topological polar surface area (TPSA) is 12.5 Å².